The van der Waals surface area contributed by atoms with Crippen LogP contribution in [-0.4, -0.2) is 26.1 Å². The van der Waals surface area contributed by atoms with Gasteiger partial charge in [-0.3, -0.25) is 0 Å². The second-order valence-corrected chi connectivity index (χ2v) is 12.4. The Kier molecular flexibility index (Phi) is 2.97. The number of aryl methyl sites for hydroxylation is 1. The third-order valence-electron chi connectivity index (χ3n) is 1.12. The quantitative estimate of drug-likeness (QED) is 0.714. The van der Waals surface area contributed by atoms with Gasteiger partial charge in [-0.1, -0.05) is 0 Å². The molecule has 0 saturated carbocycles. The molecule has 0 bridgehead atoms. The van der Waals surface area contributed by atoms with Gasteiger partial charge in [-0.25, -0.2) is 0 Å². The van der Waals surface area contributed by atoms with E-state index in [2.05, 4.69) is 38.9 Å². The van der Waals surface area contributed by atoms with Crippen LogP contribution in [0.4, 0.5) is 0 Å². The zero-order valence-electron chi connectivity index (χ0n) is 7.43. The van der Waals surface area contributed by atoms with Gasteiger partial charge in [0.1, 0.15) is 0 Å². The Labute approximate surface area is 82.5 Å². The van der Waals surface area contributed by atoms with Gasteiger partial charge in [-0.15, -0.1) is 0 Å². The second-order valence-electron chi connectivity index (χ2n) is 3.62. The van der Waals surface area contributed by atoms with Gasteiger partial charge in [-0.2, -0.15) is 0 Å². The monoisotopic (exact) mass is 275 g/mol. The summed E-state index contributed by atoms with van der Waals surface area (Å²) in [5.41, 5.74) is 0. The summed E-state index contributed by atoms with van der Waals surface area (Å²) < 4.78 is 2.13. The van der Waals surface area contributed by atoms with Gasteiger partial charge in [0, 0.05) is 0 Å². The summed E-state index contributed by atoms with van der Waals surface area (Å²) in [5.74, 6) is 0. The fourth-order valence-corrected chi connectivity index (χ4v) is 7.60. The molecule has 1 heterocycles. The Balaban J connectivity index is 2.65. The van der Waals surface area contributed by atoms with Gasteiger partial charge in [0.15, 0.2) is 0 Å². The van der Waals surface area contributed by atoms with Crippen LogP contribution in [-0.2, 0) is 0 Å². The van der Waals surface area contributed by atoms with Crippen molar-refractivity contribution in [2.24, 2.45) is 0 Å². The van der Waals surface area contributed by atoms with Crippen molar-refractivity contribution in [2.75, 3.05) is 0 Å². The first kappa shape index (κ1) is 9.52. The maximum absolute atomic E-state index is 4.26. The van der Waals surface area contributed by atoms with E-state index in [9.17, 15) is 0 Å². The molecule has 60 valence electrons. The average Bonchev–Trinajstić information content (AvgIpc) is 2.10. The molecule has 1 aromatic heterocycles. The van der Waals surface area contributed by atoms with Crippen molar-refractivity contribution in [3.05, 3.63) is 11.2 Å². The molecule has 0 aliphatic carbocycles. The number of nitrogens with zero attached hydrogens (tertiary/aromatic N) is 1. The van der Waals surface area contributed by atoms with Gasteiger partial charge in [0.2, 0.25) is 0 Å². The molecule has 0 amide bonds. The first-order chi connectivity index (χ1) is 4.97. The van der Waals surface area contributed by atoms with Crippen molar-refractivity contribution in [1.82, 2.24) is 4.98 Å². The van der Waals surface area contributed by atoms with E-state index in [0.717, 1.165) is 0 Å². The van der Waals surface area contributed by atoms with Crippen molar-refractivity contribution in [1.29, 1.82) is 0 Å². The van der Waals surface area contributed by atoms with Crippen LogP contribution in [0.2, 0.25) is 3.43 Å². The van der Waals surface area contributed by atoms with Crippen LogP contribution >= 0.6 is 11.3 Å². The molecule has 0 aromatic carbocycles. The van der Waals surface area contributed by atoms with Crippen molar-refractivity contribution in [2.45, 2.75) is 31.1 Å². The Morgan fingerprint density at radius 1 is 1.45 bits per heavy atom. The molecule has 1 rings (SSSR count). The topological polar surface area (TPSA) is 12.9 Å². The minimum atomic E-state index is -0.373. The predicted octanol–water partition coefficient (Wildman–Crippen LogP) is 2.00. The summed E-state index contributed by atoms with van der Waals surface area (Å²) in [4.78, 5) is 4.26. The van der Waals surface area contributed by atoms with Gasteiger partial charge in [0.05, 0.1) is 0 Å². The third kappa shape index (κ3) is 3.56. The molecule has 0 fully saturated rings. The summed E-state index contributed by atoms with van der Waals surface area (Å²) >= 11 is 1.51. The number of rotatable bonds is 1. The first-order valence-electron chi connectivity index (χ1n) is 3.68. The van der Waals surface area contributed by atoms with Crippen LogP contribution in [0.5, 0.6) is 0 Å². The van der Waals surface area contributed by atoms with Crippen LogP contribution < -0.4 is 2.89 Å². The van der Waals surface area contributed by atoms with Crippen LogP contribution in [0.1, 0.15) is 25.8 Å². The molecule has 11 heavy (non-hydrogen) atoms. The molecule has 0 aliphatic heterocycles. The standard InChI is InChI=1S/C4H4NS.C4H9.Sn/c1-4-5-2-3-6-4;1-4(2)3;/h2H,1H3;1-3H3;. The maximum atomic E-state index is 4.26. The summed E-state index contributed by atoms with van der Waals surface area (Å²) in [7, 11) is 0. The normalized spacial score (nSPS) is 12.0. The summed E-state index contributed by atoms with van der Waals surface area (Å²) in [6.45, 7) is 9.06. The molecule has 1 nitrogen and oxygen atoms in total. The SMILES string of the molecule is Cc1nc[c]([Sn][C](C)(C)C)s1. The Morgan fingerprint density at radius 3 is 2.45 bits per heavy atom. The van der Waals surface area contributed by atoms with Gasteiger partial charge in [0.25, 0.3) is 0 Å². The van der Waals surface area contributed by atoms with Crippen LogP contribution in [0.25, 0.3) is 0 Å². The summed E-state index contributed by atoms with van der Waals surface area (Å²) in [5, 5.41) is 1.21. The van der Waals surface area contributed by atoms with Gasteiger partial charge < -0.3 is 0 Å². The fraction of sp³-hybridized carbons (Fsp3) is 0.625. The molecular weight excluding hydrogens is 261 g/mol. The first-order valence-corrected chi connectivity index (χ1v) is 7.35. The Hall–Kier alpha value is 0.429. The minimum absolute atomic E-state index is 0.373. The molecule has 0 saturated heterocycles. The number of hydrogen-bond donors (Lipinski definition) is 0. The molecule has 3 heteroatoms. The van der Waals surface area contributed by atoms with E-state index in [0.29, 0.717) is 3.43 Å². The van der Waals surface area contributed by atoms with Crippen LogP contribution in [0.3, 0.4) is 0 Å². The van der Waals surface area contributed by atoms with E-state index >= 15 is 0 Å². The van der Waals surface area contributed by atoms with E-state index in [1.54, 1.807) is 2.89 Å². The molecule has 1 aromatic rings. The zero-order chi connectivity index (χ0) is 8.48. The molecule has 0 unspecified atom stereocenters. The van der Waals surface area contributed by atoms with Crippen LogP contribution in [0.15, 0.2) is 6.20 Å². The molecule has 0 atom stereocenters. The molecular formula is C8H13NSSn. The van der Waals surface area contributed by atoms with Crippen LogP contribution in [0, 0.1) is 6.92 Å². The second kappa shape index (κ2) is 3.44. The third-order valence-corrected chi connectivity index (χ3v) is 6.62. The van der Waals surface area contributed by atoms with Crippen molar-refractivity contribution >= 4 is 35.4 Å². The molecule has 2 radical (unpaired) electrons. The summed E-state index contributed by atoms with van der Waals surface area (Å²) in [6.07, 6.45) is 2.07. The molecule has 0 N–H and O–H groups in total. The van der Waals surface area contributed by atoms with E-state index in [1.165, 1.54) is 5.01 Å². The number of aromatic nitrogens is 1. The van der Waals surface area contributed by atoms with Gasteiger partial charge in [-0.05, 0) is 0 Å². The van der Waals surface area contributed by atoms with E-state index in [-0.39, 0.29) is 21.1 Å². The average molecular weight is 274 g/mol. The van der Waals surface area contributed by atoms with Crippen molar-refractivity contribution < 1.29 is 0 Å². The van der Waals surface area contributed by atoms with E-state index in [4.69, 9.17) is 0 Å². The summed E-state index contributed by atoms with van der Waals surface area (Å²) in [6, 6.07) is 0. The van der Waals surface area contributed by atoms with Crippen molar-refractivity contribution in [3.63, 3.8) is 0 Å². The predicted molar refractivity (Wildman–Crippen MR) is 52.0 cm³/mol. The van der Waals surface area contributed by atoms with Gasteiger partial charge >= 0.3 is 82.7 Å². The van der Waals surface area contributed by atoms with E-state index in [1.807, 2.05) is 11.3 Å². The molecule has 0 aliphatic rings. The van der Waals surface area contributed by atoms with Crippen molar-refractivity contribution in [3.8, 4) is 0 Å². The van der Waals surface area contributed by atoms with E-state index < -0.39 is 0 Å². The number of thiazole rings is 1. The molecule has 0 spiro atoms. The number of hydrogen-bond acceptors (Lipinski definition) is 2. The fourth-order valence-electron chi connectivity index (χ4n) is 0.789. The Bertz CT molecular complexity index is 236. The zero-order valence-corrected chi connectivity index (χ0v) is 11.1. The Morgan fingerprint density at radius 2 is 2.09 bits per heavy atom.